The first-order valence-electron chi connectivity index (χ1n) is 3.71. The van der Waals surface area contributed by atoms with E-state index in [9.17, 15) is 4.79 Å². The molecule has 0 radical (unpaired) electrons. The zero-order valence-electron chi connectivity index (χ0n) is 7.43. The van der Waals surface area contributed by atoms with Gasteiger partial charge in [-0.15, -0.1) is 0 Å². The summed E-state index contributed by atoms with van der Waals surface area (Å²) >= 11 is 0. The lowest BCUT2D eigenvalue weighted by atomic mass is 10.6. The Balaban J connectivity index is 0.000000162. The van der Waals surface area contributed by atoms with Crippen molar-refractivity contribution in [1.29, 1.82) is 0 Å². The van der Waals surface area contributed by atoms with E-state index in [0.717, 1.165) is 12.7 Å². The summed E-state index contributed by atoms with van der Waals surface area (Å²) in [5.41, 5.74) is 0. The molecule has 8 heteroatoms. The molecule has 0 unspecified atom stereocenters. The SMILES string of the molecule is O=C(O)c1ncncn1.c1ncncn1. The summed E-state index contributed by atoms with van der Waals surface area (Å²) in [5.74, 6) is -1.37. The van der Waals surface area contributed by atoms with Gasteiger partial charge in [-0.3, -0.25) is 0 Å². The van der Waals surface area contributed by atoms with Crippen LogP contribution < -0.4 is 0 Å². The van der Waals surface area contributed by atoms with Gasteiger partial charge < -0.3 is 5.11 Å². The van der Waals surface area contributed by atoms with E-state index < -0.39 is 5.97 Å². The van der Waals surface area contributed by atoms with Crippen LogP contribution in [0.15, 0.2) is 31.6 Å². The highest BCUT2D eigenvalue weighted by atomic mass is 16.4. The molecule has 0 aliphatic carbocycles. The van der Waals surface area contributed by atoms with Crippen LogP contribution in [0.1, 0.15) is 10.6 Å². The number of aromatic carboxylic acids is 1. The molecule has 2 heterocycles. The molecule has 1 N–H and O–H groups in total. The van der Waals surface area contributed by atoms with Crippen LogP contribution in [-0.2, 0) is 0 Å². The lowest BCUT2D eigenvalue weighted by molar-refractivity contribution is 0.0683. The molecule has 2 aromatic rings. The highest BCUT2D eigenvalue weighted by Crippen LogP contribution is 1.81. The van der Waals surface area contributed by atoms with Crippen molar-refractivity contribution in [2.24, 2.45) is 0 Å². The van der Waals surface area contributed by atoms with Crippen molar-refractivity contribution in [1.82, 2.24) is 29.9 Å². The summed E-state index contributed by atoms with van der Waals surface area (Å²) in [4.78, 5) is 30.9. The second-order valence-electron chi connectivity index (χ2n) is 2.06. The van der Waals surface area contributed by atoms with Crippen LogP contribution in [0, 0.1) is 0 Å². The van der Waals surface area contributed by atoms with Gasteiger partial charge in [-0.25, -0.2) is 34.7 Å². The molecule has 0 saturated carbocycles. The zero-order chi connectivity index (χ0) is 10.9. The summed E-state index contributed by atoms with van der Waals surface area (Å²) in [6.45, 7) is 0. The summed E-state index contributed by atoms with van der Waals surface area (Å²) in [7, 11) is 0. The number of aromatic nitrogens is 6. The third kappa shape index (κ3) is 4.31. The number of carbonyl (C=O) groups is 1. The smallest absolute Gasteiger partial charge is 0.374 e. The van der Waals surface area contributed by atoms with Gasteiger partial charge in [0.25, 0.3) is 0 Å². The van der Waals surface area contributed by atoms with Gasteiger partial charge in [0.05, 0.1) is 0 Å². The van der Waals surface area contributed by atoms with E-state index in [1.807, 2.05) is 0 Å². The monoisotopic (exact) mass is 206 g/mol. The van der Waals surface area contributed by atoms with Gasteiger partial charge in [0.1, 0.15) is 31.6 Å². The molecule has 8 nitrogen and oxygen atoms in total. The Morgan fingerprint density at radius 1 is 0.867 bits per heavy atom. The number of rotatable bonds is 1. The van der Waals surface area contributed by atoms with Crippen LogP contribution in [0.5, 0.6) is 0 Å². The van der Waals surface area contributed by atoms with Crippen LogP contribution in [0.3, 0.4) is 0 Å². The first-order valence-corrected chi connectivity index (χ1v) is 3.71. The molecule has 0 spiro atoms. The Labute approximate surface area is 84.1 Å². The standard InChI is InChI=1S/C4H3N3O2.C3H3N3/c8-4(9)3-6-1-5-2-7-3;1-4-2-6-3-5-1/h1-2H,(H,8,9);1-3H. The molecule has 0 aromatic carbocycles. The molecule has 0 aliphatic rings. The maximum Gasteiger partial charge on any atom is 0.374 e. The lowest BCUT2D eigenvalue weighted by Crippen LogP contribution is -2.02. The molecular weight excluding hydrogens is 200 g/mol. The maximum absolute atomic E-state index is 10.0. The normalized spacial score (nSPS) is 8.53. The first kappa shape index (κ1) is 10.6. The van der Waals surface area contributed by atoms with Crippen molar-refractivity contribution in [2.75, 3.05) is 0 Å². The molecule has 76 valence electrons. The third-order valence-electron chi connectivity index (χ3n) is 1.08. The molecule has 0 atom stereocenters. The summed E-state index contributed by atoms with van der Waals surface area (Å²) in [5, 5.41) is 8.23. The Hall–Kier alpha value is -2.51. The second-order valence-corrected chi connectivity index (χ2v) is 2.06. The molecular formula is C7H6N6O2. The minimum absolute atomic E-state index is 0.231. The number of carboxylic acids is 1. The van der Waals surface area contributed by atoms with Gasteiger partial charge in [-0.1, -0.05) is 0 Å². The fourth-order valence-electron chi connectivity index (χ4n) is 0.555. The van der Waals surface area contributed by atoms with E-state index in [-0.39, 0.29) is 5.82 Å². The molecule has 0 fully saturated rings. The van der Waals surface area contributed by atoms with Crippen molar-refractivity contribution in [3.63, 3.8) is 0 Å². The van der Waals surface area contributed by atoms with Gasteiger partial charge >= 0.3 is 5.97 Å². The number of carboxylic acid groups (broad SMARTS) is 1. The highest BCUT2D eigenvalue weighted by Gasteiger charge is 2.01. The predicted octanol–water partition coefficient (Wildman–Crippen LogP) is -0.559. The van der Waals surface area contributed by atoms with E-state index in [4.69, 9.17) is 5.11 Å². The summed E-state index contributed by atoms with van der Waals surface area (Å²) in [6, 6.07) is 0. The minimum Gasteiger partial charge on any atom is -0.475 e. The van der Waals surface area contributed by atoms with Crippen LogP contribution in [0.2, 0.25) is 0 Å². The largest absolute Gasteiger partial charge is 0.475 e. The number of nitrogens with zero attached hydrogens (tertiary/aromatic N) is 6. The van der Waals surface area contributed by atoms with Crippen molar-refractivity contribution >= 4 is 5.97 Å². The van der Waals surface area contributed by atoms with Crippen LogP contribution in [-0.4, -0.2) is 41.0 Å². The van der Waals surface area contributed by atoms with Crippen LogP contribution in [0.4, 0.5) is 0 Å². The number of hydrogen-bond acceptors (Lipinski definition) is 7. The van der Waals surface area contributed by atoms with E-state index in [0.29, 0.717) is 0 Å². The highest BCUT2D eigenvalue weighted by molar-refractivity contribution is 5.82. The quantitative estimate of drug-likeness (QED) is 0.660. The average molecular weight is 206 g/mol. The average Bonchev–Trinajstić information content (AvgIpc) is 2.33. The minimum atomic E-state index is -1.14. The van der Waals surface area contributed by atoms with E-state index >= 15 is 0 Å². The maximum atomic E-state index is 10.0. The summed E-state index contributed by atoms with van der Waals surface area (Å²) < 4.78 is 0. The van der Waals surface area contributed by atoms with E-state index in [1.54, 1.807) is 0 Å². The Morgan fingerprint density at radius 2 is 1.27 bits per heavy atom. The van der Waals surface area contributed by atoms with Crippen molar-refractivity contribution < 1.29 is 9.90 Å². The fraction of sp³-hybridized carbons (Fsp3) is 0. The molecule has 15 heavy (non-hydrogen) atoms. The molecule has 2 aromatic heterocycles. The van der Waals surface area contributed by atoms with Crippen LogP contribution in [0.25, 0.3) is 0 Å². The van der Waals surface area contributed by atoms with Crippen molar-refractivity contribution in [2.45, 2.75) is 0 Å². The Bertz CT molecular complexity index is 368. The van der Waals surface area contributed by atoms with Crippen molar-refractivity contribution in [3.8, 4) is 0 Å². The number of hydrogen-bond donors (Lipinski definition) is 1. The van der Waals surface area contributed by atoms with Crippen molar-refractivity contribution in [3.05, 3.63) is 37.5 Å². The molecule has 0 saturated heterocycles. The lowest BCUT2D eigenvalue weighted by Gasteiger charge is -1.85. The second kappa shape index (κ2) is 6.02. The summed E-state index contributed by atoms with van der Waals surface area (Å²) in [6.07, 6.45) is 6.58. The van der Waals surface area contributed by atoms with Gasteiger partial charge in [0.2, 0.25) is 5.82 Å². The van der Waals surface area contributed by atoms with Gasteiger partial charge in [-0.05, 0) is 0 Å². The van der Waals surface area contributed by atoms with Gasteiger partial charge in [0, 0.05) is 0 Å². The predicted molar refractivity (Wildman–Crippen MR) is 46.6 cm³/mol. The molecule has 0 aliphatic heterocycles. The van der Waals surface area contributed by atoms with Gasteiger partial charge in [-0.2, -0.15) is 0 Å². The first-order chi connectivity index (χ1) is 7.30. The van der Waals surface area contributed by atoms with E-state index in [2.05, 4.69) is 29.9 Å². The Kier molecular flexibility index (Phi) is 4.24. The van der Waals surface area contributed by atoms with Gasteiger partial charge in [0.15, 0.2) is 0 Å². The molecule has 2 rings (SSSR count). The molecule has 0 bridgehead atoms. The zero-order valence-corrected chi connectivity index (χ0v) is 7.43. The fourth-order valence-corrected chi connectivity index (χ4v) is 0.555. The van der Waals surface area contributed by atoms with E-state index in [1.165, 1.54) is 19.0 Å². The Morgan fingerprint density at radius 3 is 1.53 bits per heavy atom. The topological polar surface area (TPSA) is 115 Å². The van der Waals surface area contributed by atoms with Crippen LogP contribution >= 0.6 is 0 Å². The third-order valence-corrected chi connectivity index (χ3v) is 1.08. The molecule has 0 amide bonds.